The maximum absolute atomic E-state index is 9.28. The molecule has 0 aromatic carbocycles. The summed E-state index contributed by atoms with van der Waals surface area (Å²) in [4.78, 5) is 8.92. The van der Waals surface area contributed by atoms with Gasteiger partial charge in [-0.2, -0.15) is 0 Å². The minimum Gasteiger partial charge on any atom is -0.394 e. The Morgan fingerprint density at radius 1 is 0.933 bits per heavy atom. The fourth-order valence-corrected chi connectivity index (χ4v) is 0.863. The second kappa shape index (κ2) is 7.94. The zero-order valence-corrected chi connectivity index (χ0v) is 8.48. The fraction of sp³-hybridized carbons (Fsp3) is 1.00. The molecule has 0 rings (SSSR count). The summed E-state index contributed by atoms with van der Waals surface area (Å²) < 4.78 is 0. The summed E-state index contributed by atoms with van der Waals surface area (Å²) in [5, 5.41) is 45.2. The molecule has 0 aromatic heterocycles. The minimum atomic E-state index is -1.64. The van der Waals surface area contributed by atoms with Crippen LogP contribution >= 0.6 is 0 Å². The van der Waals surface area contributed by atoms with Crippen molar-refractivity contribution in [3.8, 4) is 0 Å². The standard InChI is InChI=1S/C8H18O7/c1-2-14-15-4-6(11)8(13)7(12)5(10)3-9/h5-13H,2-4H2,1H3/t5-,6+,7-,8-/m1/s1. The van der Waals surface area contributed by atoms with Crippen LogP contribution in [0, 0.1) is 0 Å². The van der Waals surface area contributed by atoms with E-state index in [1.54, 1.807) is 6.92 Å². The summed E-state index contributed by atoms with van der Waals surface area (Å²) in [6.45, 7) is 0.902. The molecule has 15 heavy (non-hydrogen) atoms. The number of aliphatic hydroxyl groups is 5. The Hall–Kier alpha value is -0.280. The lowest BCUT2D eigenvalue weighted by atomic mass is 10.0. The van der Waals surface area contributed by atoms with E-state index in [1.807, 2.05) is 0 Å². The Labute approximate surface area is 87.4 Å². The molecule has 0 unspecified atom stereocenters. The third-order valence-electron chi connectivity index (χ3n) is 1.77. The number of hydrogen-bond acceptors (Lipinski definition) is 7. The van der Waals surface area contributed by atoms with Gasteiger partial charge in [0, 0.05) is 0 Å². The van der Waals surface area contributed by atoms with Gasteiger partial charge in [0.05, 0.1) is 13.2 Å². The van der Waals surface area contributed by atoms with Crippen LogP contribution in [0.2, 0.25) is 0 Å². The first kappa shape index (κ1) is 14.7. The number of hydrogen-bond donors (Lipinski definition) is 5. The fourth-order valence-electron chi connectivity index (χ4n) is 0.863. The molecule has 0 aromatic rings. The van der Waals surface area contributed by atoms with Gasteiger partial charge in [0.15, 0.2) is 0 Å². The van der Waals surface area contributed by atoms with Crippen molar-refractivity contribution in [2.75, 3.05) is 19.8 Å². The Morgan fingerprint density at radius 3 is 1.93 bits per heavy atom. The molecule has 0 saturated carbocycles. The molecule has 0 fully saturated rings. The van der Waals surface area contributed by atoms with Gasteiger partial charge in [-0.1, -0.05) is 0 Å². The van der Waals surface area contributed by atoms with E-state index in [1.165, 1.54) is 0 Å². The number of aliphatic hydroxyl groups excluding tert-OH is 5. The average Bonchev–Trinajstić information content (AvgIpc) is 2.26. The molecule has 0 aliphatic carbocycles. The predicted octanol–water partition coefficient (Wildman–Crippen LogP) is -2.61. The van der Waals surface area contributed by atoms with Gasteiger partial charge in [-0.05, 0) is 6.92 Å². The monoisotopic (exact) mass is 226 g/mol. The van der Waals surface area contributed by atoms with E-state index >= 15 is 0 Å². The quantitative estimate of drug-likeness (QED) is 0.175. The normalized spacial score (nSPS) is 19.6. The zero-order chi connectivity index (χ0) is 11.8. The molecule has 4 atom stereocenters. The predicted molar refractivity (Wildman–Crippen MR) is 48.7 cm³/mol. The Balaban J connectivity index is 3.90. The van der Waals surface area contributed by atoms with Gasteiger partial charge < -0.3 is 25.5 Å². The molecular formula is C8H18O7. The first-order valence-corrected chi connectivity index (χ1v) is 4.62. The van der Waals surface area contributed by atoms with E-state index in [4.69, 9.17) is 10.2 Å². The average molecular weight is 226 g/mol. The summed E-state index contributed by atoms with van der Waals surface area (Å²) in [6, 6.07) is 0. The maximum Gasteiger partial charge on any atom is 0.111 e. The van der Waals surface area contributed by atoms with E-state index in [-0.39, 0.29) is 13.2 Å². The summed E-state index contributed by atoms with van der Waals surface area (Å²) in [6.07, 6.45) is -6.18. The van der Waals surface area contributed by atoms with Crippen molar-refractivity contribution in [3.05, 3.63) is 0 Å². The zero-order valence-electron chi connectivity index (χ0n) is 8.48. The third kappa shape index (κ3) is 5.38. The van der Waals surface area contributed by atoms with Crippen LogP contribution in [0.1, 0.15) is 6.92 Å². The van der Waals surface area contributed by atoms with E-state index in [0.29, 0.717) is 0 Å². The topological polar surface area (TPSA) is 120 Å². The van der Waals surface area contributed by atoms with Crippen molar-refractivity contribution in [3.63, 3.8) is 0 Å². The molecule has 0 aliphatic heterocycles. The highest BCUT2D eigenvalue weighted by atomic mass is 17.2. The van der Waals surface area contributed by atoms with Gasteiger partial charge >= 0.3 is 0 Å². The van der Waals surface area contributed by atoms with Crippen LogP contribution < -0.4 is 0 Å². The van der Waals surface area contributed by atoms with Crippen LogP contribution in [-0.4, -0.2) is 69.8 Å². The van der Waals surface area contributed by atoms with Crippen molar-refractivity contribution in [2.45, 2.75) is 31.3 Å². The van der Waals surface area contributed by atoms with Crippen LogP contribution in [-0.2, 0) is 9.78 Å². The largest absolute Gasteiger partial charge is 0.394 e. The van der Waals surface area contributed by atoms with Crippen LogP contribution in [0.15, 0.2) is 0 Å². The first-order valence-electron chi connectivity index (χ1n) is 4.62. The van der Waals surface area contributed by atoms with Gasteiger partial charge in [-0.25, -0.2) is 9.78 Å². The van der Waals surface area contributed by atoms with E-state index in [0.717, 1.165) is 0 Å². The SMILES string of the molecule is CCOOC[C@H](O)[C@@H](O)[C@H](O)[C@H](O)CO. The number of rotatable bonds is 8. The molecule has 92 valence electrons. The first-order chi connectivity index (χ1) is 7.04. The van der Waals surface area contributed by atoms with E-state index in [2.05, 4.69) is 9.78 Å². The highest BCUT2D eigenvalue weighted by Gasteiger charge is 2.30. The van der Waals surface area contributed by atoms with Crippen molar-refractivity contribution in [1.29, 1.82) is 0 Å². The van der Waals surface area contributed by atoms with Crippen LogP contribution in [0.25, 0.3) is 0 Å². The molecule has 7 heteroatoms. The van der Waals surface area contributed by atoms with E-state index in [9.17, 15) is 15.3 Å². The molecular weight excluding hydrogens is 208 g/mol. The van der Waals surface area contributed by atoms with Crippen molar-refractivity contribution in [1.82, 2.24) is 0 Å². The molecule has 0 aliphatic rings. The molecule has 0 amide bonds. The smallest absolute Gasteiger partial charge is 0.111 e. The third-order valence-corrected chi connectivity index (χ3v) is 1.77. The van der Waals surface area contributed by atoms with Gasteiger partial charge in [0.25, 0.3) is 0 Å². The molecule has 0 bridgehead atoms. The van der Waals surface area contributed by atoms with Crippen molar-refractivity contribution in [2.24, 2.45) is 0 Å². The van der Waals surface area contributed by atoms with Gasteiger partial charge in [-0.15, -0.1) is 0 Å². The molecule has 7 nitrogen and oxygen atoms in total. The second-order valence-corrected chi connectivity index (χ2v) is 2.99. The lowest BCUT2D eigenvalue weighted by Crippen LogP contribution is -2.47. The van der Waals surface area contributed by atoms with Crippen LogP contribution in [0.4, 0.5) is 0 Å². The molecule has 0 radical (unpaired) electrons. The van der Waals surface area contributed by atoms with Gasteiger partial charge in [-0.3, -0.25) is 0 Å². The Bertz CT molecular complexity index is 154. The van der Waals surface area contributed by atoms with Crippen molar-refractivity contribution < 1.29 is 35.3 Å². The summed E-state index contributed by atoms with van der Waals surface area (Å²) >= 11 is 0. The second-order valence-electron chi connectivity index (χ2n) is 2.99. The Kier molecular flexibility index (Phi) is 7.79. The summed E-state index contributed by atoms with van der Waals surface area (Å²) in [5.41, 5.74) is 0. The van der Waals surface area contributed by atoms with Gasteiger partial charge in [0.2, 0.25) is 0 Å². The molecule has 0 heterocycles. The summed E-state index contributed by atoms with van der Waals surface area (Å²) in [5.74, 6) is 0. The van der Waals surface area contributed by atoms with Crippen LogP contribution in [0.3, 0.4) is 0 Å². The molecule has 5 N–H and O–H groups in total. The summed E-state index contributed by atoms with van der Waals surface area (Å²) in [7, 11) is 0. The van der Waals surface area contributed by atoms with Gasteiger partial charge in [0.1, 0.15) is 31.0 Å². The molecule has 0 saturated heterocycles. The van der Waals surface area contributed by atoms with E-state index < -0.39 is 31.0 Å². The molecule has 0 spiro atoms. The van der Waals surface area contributed by atoms with Crippen LogP contribution in [0.5, 0.6) is 0 Å². The lowest BCUT2D eigenvalue weighted by Gasteiger charge is -2.24. The Morgan fingerprint density at radius 2 is 1.47 bits per heavy atom. The van der Waals surface area contributed by atoms with Crippen molar-refractivity contribution >= 4 is 0 Å². The highest BCUT2D eigenvalue weighted by molar-refractivity contribution is 4.80. The lowest BCUT2D eigenvalue weighted by molar-refractivity contribution is -0.308. The highest BCUT2D eigenvalue weighted by Crippen LogP contribution is 2.05. The minimum absolute atomic E-state index is 0.282. The maximum atomic E-state index is 9.28.